The molecule has 0 aliphatic rings. The number of esters is 1. The van der Waals surface area contributed by atoms with Gasteiger partial charge in [0, 0.05) is 12.3 Å². The summed E-state index contributed by atoms with van der Waals surface area (Å²) >= 11 is 0. The number of hydrogen-bond acceptors (Lipinski definition) is 5. The minimum Gasteiger partial charge on any atom is -0.497 e. The van der Waals surface area contributed by atoms with Crippen molar-refractivity contribution in [2.24, 2.45) is 0 Å². The van der Waals surface area contributed by atoms with E-state index in [4.69, 9.17) is 9.47 Å². The summed E-state index contributed by atoms with van der Waals surface area (Å²) in [5, 5.41) is 0. The number of aromatic nitrogens is 1. The molecular formula is C15H12F3NO4. The van der Waals surface area contributed by atoms with Crippen LogP contribution in [0.25, 0.3) is 0 Å². The average Bonchev–Trinajstić information content (AvgIpc) is 2.53. The van der Waals surface area contributed by atoms with Crippen LogP contribution in [0.4, 0.5) is 13.2 Å². The molecule has 2 aromatic rings. The van der Waals surface area contributed by atoms with E-state index in [1.165, 1.54) is 13.2 Å². The Kier molecular flexibility index (Phi) is 5.05. The maximum absolute atomic E-state index is 12.0. The molecule has 0 radical (unpaired) electrons. The Labute approximate surface area is 129 Å². The molecule has 0 fully saturated rings. The Morgan fingerprint density at radius 3 is 2.26 bits per heavy atom. The lowest BCUT2D eigenvalue weighted by Gasteiger charge is -2.08. The molecule has 8 heteroatoms. The molecule has 0 saturated heterocycles. The van der Waals surface area contributed by atoms with Crippen LogP contribution < -0.4 is 14.2 Å². The lowest BCUT2D eigenvalue weighted by molar-refractivity contribution is -0.154. The molecule has 0 atom stereocenters. The molecule has 23 heavy (non-hydrogen) atoms. The van der Waals surface area contributed by atoms with Crippen molar-refractivity contribution in [3.63, 3.8) is 0 Å². The van der Waals surface area contributed by atoms with E-state index >= 15 is 0 Å². The number of ether oxygens (including phenoxy) is 3. The molecule has 0 saturated carbocycles. The molecule has 0 spiro atoms. The third-order valence-electron chi connectivity index (χ3n) is 2.63. The van der Waals surface area contributed by atoms with Gasteiger partial charge in [-0.25, -0.2) is 9.78 Å². The predicted octanol–water partition coefficient (Wildman–Crippen LogP) is 3.25. The number of pyridine rings is 1. The third-order valence-corrected chi connectivity index (χ3v) is 2.63. The predicted molar refractivity (Wildman–Crippen MR) is 73.7 cm³/mol. The highest BCUT2D eigenvalue weighted by Gasteiger charge is 2.28. The Hall–Kier alpha value is -2.77. The molecule has 0 bridgehead atoms. The van der Waals surface area contributed by atoms with Crippen LogP contribution in [-0.2, 0) is 0 Å². The molecule has 0 N–H and O–H groups in total. The summed E-state index contributed by atoms with van der Waals surface area (Å²) in [6.45, 7) is -1.45. The number of methoxy groups -OCH3 is 1. The number of nitrogens with zero attached hydrogens (tertiary/aromatic N) is 1. The minimum atomic E-state index is -4.45. The highest BCUT2D eigenvalue weighted by Crippen LogP contribution is 2.19. The summed E-state index contributed by atoms with van der Waals surface area (Å²) in [7, 11) is 1.51. The smallest absolute Gasteiger partial charge is 0.422 e. The highest BCUT2D eigenvalue weighted by atomic mass is 19.4. The van der Waals surface area contributed by atoms with Gasteiger partial charge < -0.3 is 14.2 Å². The van der Waals surface area contributed by atoms with Crippen molar-refractivity contribution in [1.29, 1.82) is 0 Å². The van der Waals surface area contributed by atoms with Crippen molar-refractivity contribution in [2.45, 2.75) is 6.18 Å². The van der Waals surface area contributed by atoms with Crippen LogP contribution >= 0.6 is 0 Å². The maximum Gasteiger partial charge on any atom is 0.422 e. The SMILES string of the molecule is COc1ccc(OC(=O)c2ccc(OCC(F)(F)F)nc2)cc1. The number of carbonyl (C=O) groups excluding carboxylic acids is 1. The van der Waals surface area contributed by atoms with Crippen molar-refractivity contribution in [3.05, 3.63) is 48.2 Å². The first kappa shape index (κ1) is 16.6. The zero-order chi connectivity index (χ0) is 16.9. The van der Waals surface area contributed by atoms with E-state index in [1.807, 2.05) is 0 Å². The number of alkyl halides is 3. The van der Waals surface area contributed by atoms with E-state index in [2.05, 4.69) is 9.72 Å². The molecule has 1 aromatic heterocycles. The fourth-order valence-electron chi connectivity index (χ4n) is 1.55. The second kappa shape index (κ2) is 6.99. The van der Waals surface area contributed by atoms with Crippen LogP contribution in [-0.4, -0.2) is 30.8 Å². The van der Waals surface area contributed by atoms with Gasteiger partial charge >= 0.3 is 12.1 Å². The number of hydrogen-bond donors (Lipinski definition) is 0. The fraction of sp³-hybridized carbons (Fsp3) is 0.200. The summed E-state index contributed by atoms with van der Waals surface area (Å²) in [6.07, 6.45) is -3.37. The van der Waals surface area contributed by atoms with E-state index in [1.54, 1.807) is 24.3 Å². The van der Waals surface area contributed by atoms with Gasteiger partial charge in [0.25, 0.3) is 0 Å². The average molecular weight is 327 g/mol. The molecular weight excluding hydrogens is 315 g/mol. The van der Waals surface area contributed by atoms with Crippen molar-refractivity contribution >= 4 is 5.97 Å². The van der Waals surface area contributed by atoms with Gasteiger partial charge in [0.2, 0.25) is 5.88 Å². The molecule has 0 aliphatic carbocycles. The number of halogens is 3. The Balaban J connectivity index is 1.96. The van der Waals surface area contributed by atoms with Gasteiger partial charge in [0.1, 0.15) is 11.5 Å². The Morgan fingerprint density at radius 1 is 1.09 bits per heavy atom. The van der Waals surface area contributed by atoms with Crippen molar-refractivity contribution < 1.29 is 32.2 Å². The van der Waals surface area contributed by atoms with Crippen molar-refractivity contribution in [1.82, 2.24) is 4.98 Å². The minimum absolute atomic E-state index is 0.0835. The van der Waals surface area contributed by atoms with Gasteiger partial charge in [0.05, 0.1) is 12.7 Å². The summed E-state index contributed by atoms with van der Waals surface area (Å²) in [6, 6.07) is 8.76. The Bertz CT molecular complexity index is 654. The first-order valence-corrected chi connectivity index (χ1v) is 6.39. The molecule has 122 valence electrons. The third kappa shape index (κ3) is 5.17. The van der Waals surface area contributed by atoms with Gasteiger partial charge in [-0.2, -0.15) is 13.2 Å². The zero-order valence-corrected chi connectivity index (χ0v) is 12.0. The largest absolute Gasteiger partial charge is 0.497 e. The van der Waals surface area contributed by atoms with Crippen molar-refractivity contribution in [3.8, 4) is 17.4 Å². The van der Waals surface area contributed by atoms with E-state index in [0.29, 0.717) is 11.5 Å². The summed E-state index contributed by atoms with van der Waals surface area (Å²) in [5.74, 6) is -0.0146. The van der Waals surface area contributed by atoms with E-state index in [9.17, 15) is 18.0 Å². The van der Waals surface area contributed by atoms with Gasteiger partial charge in [-0.05, 0) is 30.3 Å². The van der Waals surface area contributed by atoms with E-state index in [-0.39, 0.29) is 11.4 Å². The van der Waals surface area contributed by atoms with Crippen LogP contribution in [0.3, 0.4) is 0 Å². The lowest BCUT2D eigenvalue weighted by Crippen LogP contribution is -2.19. The van der Waals surface area contributed by atoms with Crippen LogP contribution in [0.5, 0.6) is 17.4 Å². The van der Waals surface area contributed by atoms with Crippen LogP contribution in [0.15, 0.2) is 42.6 Å². The highest BCUT2D eigenvalue weighted by molar-refractivity contribution is 5.90. The number of benzene rings is 1. The standard InChI is InChI=1S/C15H12F3NO4/c1-21-11-3-5-12(6-4-11)23-14(20)10-2-7-13(19-8-10)22-9-15(16,17)18/h2-8H,9H2,1H3. The van der Waals surface area contributed by atoms with E-state index < -0.39 is 18.8 Å². The normalized spacial score (nSPS) is 11.0. The molecule has 0 amide bonds. The summed E-state index contributed by atoms with van der Waals surface area (Å²) in [5.41, 5.74) is 0.0835. The van der Waals surface area contributed by atoms with Gasteiger partial charge in [-0.3, -0.25) is 0 Å². The molecule has 0 unspecified atom stereocenters. The topological polar surface area (TPSA) is 57.7 Å². The zero-order valence-electron chi connectivity index (χ0n) is 12.0. The Morgan fingerprint density at radius 2 is 1.74 bits per heavy atom. The van der Waals surface area contributed by atoms with E-state index in [0.717, 1.165) is 12.3 Å². The number of rotatable bonds is 5. The second-order valence-corrected chi connectivity index (χ2v) is 4.35. The second-order valence-electron chi connectivity index (χ2n) is 4.35. The van der Waals surface area contributed by atoms with Gasteiger partial charge in [-0.15, -0.1) is 0 Å². The monoisotopic (exact) mass is 327 g/mol. The van der Waals surface area contributed by atoms with Gasteiger partial charge in [-0.1, -0.05) is 0 Å². The lowest BCUT2D eigenvalue weighted by atomic mass is 10.3. The molecule has 1 aromatic carbocycles. The van der Waals surface area contributed by atoms with Crippen LogP contribution in [0, 0.1) is 0 Å². The van der Waals surface area contributed by atoms with Crippen LogP contribution in [0.2, 0.25) is 0 Å². The maximum atomic E-state index is 12.0. The first-order valence-electron chi connectivity index (χ1n) is 6.39. The quantitative estimate of drug-likeness (QED) is 0.623. The fourth-order valence-corrected chi connectivity index (χ4v) is 1.55. The number of carbonyl (C=O) groups is 1. The van der Waals surface area contributed by atoms with Gasteiger partial charge in [0.15, 0.2) is 6.61 Å². The molecule has 5 nitrogen and oxygen atoms in total. The van der Waals surface area contributed by atoms with Crippen molar-refractivity contribution in [2.75, 3.05) is 13.7 Å². The molecule has 1 heterocycles. The first-order chi connectivity index (χ1) is 10.9. The van der Waals surface area contributed by atoms with Crippen LogP contribution in [0.1, 0.15) is 10.4 Å². The molecule has 2 rings (SSSR count). The summed E-state index contributed by atoms with van der Waals surface area (Å²) < 4.78 is 50.5. The molecule has 0 aliphatic heterocycles. The summed E-state index contributed by atoms with van der Waals surface area (Å²) in [4.78, 5) is 15.5.